The predicted molar refractivity (Wildman–Crippen MR) is 101 cm³/mol. The van der Waals surface area contributed by atoms with Gasteiger partial charge in [0.05, 0.1) is 0 Å². The molecule has 3 heterocycles. The quantitative estimate of drug-likeness (QED) is 0.712. The summed E-state index contributed by atoms with van der Waals surface area (Å²) in [5.41, 5.74) is 0. The molecular formula is C21H34N2S. The Morgan fingerprint density at radius 2 is 1.58 bits per heavy atom. The van der Waals surface area contributed by atoms with Crippen LogP contribution in [0.2, 0.25) is 0 Å². The molecule has 6 rings (SSSR count). The minimum Gasteiger partial charge on any atom is -0.313 e. The molecule has 134 valence electrons. The van der Waals surface area contributed by atoms with Gasteiger partial charge in [0, 0.05) is 34.7 Å². The van der Waals surface area contributed by atoms with E-state index in [2.05, 4.69) is 22.0 Å². The largest absolute Gasteiger partial charge is 0.313 e. The smallest absolute Gasteiger partial charge is 0.0267 e. The standard InChI is InChI=1S/C21H34N2S/c1-2-6-15-14(5-1)20-19-13(11-12-22-20)9-10-18-21(19)23(15)16-7-3-4-8-17(16)24-18/h13-22H,1-12H2. The van der Waals surface area contributed by atoms with E-state index in [4.69, 9.17) is 0 Å². The summed E-state index contributed by atoms with van der Waals surface area (Å²) in [7, 11) is 0. The van der Waals surface area contributed by atoms with Crippen molar-refractivity contribution in [3.63, 3.8) is 0 Å². The molecule has 0 aromatic heterocycles. The number of fused-ring (bicyclic) bond motifs is 5. The van der Waals surface area contributed by atoms with Crippen molar-refractivity contribution >= 4 is 11.8 Å². The van der Waals surface area contributed by atoms with Crippen LogP contribution in [0, 0.1) is 17.8 Å². The molecule has 0 bridgehead atoms. The Balaban J connectivity index is 1.43. The SMILES string of the molecule is C1CCC2C(C1)SC1CCC3CCNC4C5CCCCC5N2C1C34. The van der Waals surface area contributed by atoms with Crippen molar-refractivity contribution in [3.05, 3.63) is 0 Å². The molecule has 3 heteroatoms. The highest BCUT2D eigenvalue weighted by Crippen LogP contribution is 2.57. The Morgan fingerprint density at radius 1 is 0.750 bits per heavy atom. The molecule has 0 aromatic rings. The number of hydrogen-bond donors (Lipinski definition) is 1. The van der Waals surface area contributed by atoms with E-state index in [-0.39, 0.29) is 0 Å². The number of hydrogen-bond acceptors (Lipinski definition) is 3. The second-order valence-corrected chi connectivity index (χ2v) is 11.2. The van der Waals surface area contributed by atoms with Gasteiger partial charge < -0.3 is 5.32 Å². The topological polar surface area (TPSA) is 15.3 Å². The van der Waals surface area contributed by atoms with Crippen LogP contribution in [0.15, 0.2) is 0 Å². The van der Waals surface area contributed by atoms with Crippen LogP contribution in [-0.4, -0.2) is 46.1 Å². The maximum absolute atomic E-state index is 4.07. The van der Waals surface area contributed by atoms with Crippen LogP contribution in [0.5, 0.6) is 0 Å². The van der Waals surface area contributed by atoms with E-state index >= 15 is 0 Å². The van der Waals surface area contributed by atoms with Gasteiger partial charge in [-0.15, -0.1) is 0 Å². The second-order valence-electron chi connectivity index (χ2n) is 9.70. The van der Waals surface area contributed by atoms with Crippen molar-refractivity contribution < 1.29 is 0 Å². The van der Waals surface area contributed by atoms with Crippen molar-refractivity contribution in [1.29, 1.82) is 0 Å². The molecular weight excluding hydrogens is 312 g/mol. The van der Waals surface area contributed by atoms with Gasteiger partial charge in [0.25, 0.3) is 0 Å². The molecule has 0 aromatic carbocycles. The van der Waals surface area contributed by atoms with E-state index in [0.717, 1.165) is 52.4 Å². The van der Waals surface area contributed by atoms with Gasteiger partial charge in [0.1, 0.15) is 0 Å². The van der Waals surface area contributed by atoms with Crippen molar-refractivity contribution in [1.82, 2.24) is 10.2 Å². The molecule has 2 nitrogen and oxygen atoms in total. The Morgan fingerprint density at radius 3 is 2.54 bits per heavy atom. The van der Waals surface area contributed by atoms with Crippen LogP contribution in [0.1, 0.15) is 70.6 Å². The van der Waals surface area contributed by atoms with E-state index in [9.17, 15) is 0 Å². The average Bonchev–Trinajstić information content (AvgIpc) is 2.66. The first-order chi connectivity index (χ1) is 11.9. The lowest BCUT2D eigenvalue weighted by atomic mass is 9.58. The van der Waals surface area contributed by atoms with Crippen LogP contribution in [0.4, 0.5) is 0 Å². The summed E-state index contributed by atoms with van der Waals surface area (Å²) in [6, 6.07) is 3.68. The first-order valence-electron chi connectivity index (χ1n) is 11.1. The molecule has 3 aliphatic heterocycles. The number of nitrogens with zero attached hydrogens (tertiary/aromatic N) is 1. The summed E-state index contributed by atoms with van der Waals surface area (Å²) in [5.74, 6) is 3.02. The van der Waals surface area contributed by atoms with E-state index in [1.54, 1.807) is 6.42 Å². The van der Waals surface area contributed by atoms with Crippen molar-refractivity contribution in [3.8, 4) is 0 Å². The fraction of sp³-hybridized carbons (Fsp3) is 1.00. The van der Waals surface area contributed by atoms with E-state index < -0.39 is 0 Å². The first-order valence-corrected chi connectivity index (χ1v) is 12.0. The fourth-order valence-electron chi connectivity index (χ4n) is 8.08. The lowest BCUT2D eigenvalue weighted by Gasteiger charge is -2.67. The first kappa shape index (κ1) is 15.3. The normalized spacial score (nSPS) is 56.8. The Bertz CT molecular complexity index is 494. The molecule has 9 unspecified atom stereocenters. The second kappa shape index (κ2) is 5.89. The summed E-state index contributed by atoms with van der Waals surface area (Å²) < 4.78 is 0. The monoisotopic (exact) mass is 346 g/mol. The molecule has 9 atom stereocenters. The third-order valence-electron chi connectivity index (χ3n) is 8.82. The molecule has 0 spiro atoms. The summed E-state index contributed by atoms with van der Waals surface area (Å²) in [6.07, 6.45) is 16.6. The number of thioether (sulfide) groups is 1. The van der Waals surface area contributed by atoms with Crippen LogP contribution in [0.25, 0.3) is 0 Å². The summed E-state index contributed by atoms with van der Waals surface area (Å²) >= 11 is 2.46. The molecule has 6 fully saturated rings. The van der Waals surface area contributed by atoms with Gasteiger partial charge in [-0.2, -0.15) is 11.8 Å². The molecule has 3 saturated heterocycles. The van der Waals surface area contributed by atoms with Crippen LogP contribution in [0.3, 0.4) is 0 Å². The maximum atomic E-state index is 4.07. The number of nitrogens with one attached hydrogen (secondary N) is 1. The highest BCUT2D eigenvalue weighted by atomic mass is 32.2. The minimum atomic E-state index is 0.874. The number of rotatable bonds is 0. The van der Waals surface area contributed by atoms with Gasteiger partial charge in [-0.1, -0.05) is 25.7 Å². The maximum Gasteiger partial charge on any atom is 0.0267 e. The highest BCUT2D eigenvalue weighted by Gasteiger charge is 2.60. The van der Waals surface area contributed by atoms with Gasteiger partial charge >= 0.3 is 0 Å². The van der Waals surface area contributed by atoms with Crippen LogP contribution in [-0.2, 0) is 0 Å². The van der Waals surface area contributed by atoms with Crippen molar-refractivity contribution in [2.24, 2.45) is 17.8 Å². The highest BCUT2D eigenvalue weighted by molar-refractivity contribution is 8.00. The Kier molecular flexibility index (Phi) is 3.76. The summed E-state index contributed by atoms with van der Waals surface area (Å²) in [6.45, 7) is 1.31. The lowest BCUT2D eigenvalue weighted by Crippen LogP contribution is -2.76. The lowest BCUT2D eigenvalue weighted by molar-refractivity contribution is -0.118. The molecule has 0 radical (unpaired) electrons. The zero-order valence-electron chi connectivity index (χ0n) is 15.0. The van der Waals surface area contributed by atoms with Gasteiger partial charge in [-0.25, -0.2) is 0 Å². The van der Waals surface area contributed by atoms with Gasteiger partial charge in [0.2, 0.25) is 0 Å². The summed E-state index contributed by atoms with van der Waals surface area (Å²) in [5, 5.41) is 6.02. The Labute approximate surface area is 151 Å². The zero-order chi connectivity index (χ0) is 15.7. The third-order valence-corrected chi connectivity index (χ3v) is 10.6. The minimum absolute atomic E-state index is 0.874. The molecule has 6 aliphatic rings. The molecule has 3 aliphatic carbocycles. The predicted octanol–water partition coefficient (Wildman–Crippen LogP) is 4.04. The molecule has 3 saturated carbocycles. The van der Waals surface area contributed by atoms with E-state index in [0.29, 0.717) is 0 Å². The van der Waals surface area contributed by atoms with E-state index in [1.165, 1.54) is 70.8 Å². The molecule has 0 amide bonds. The summed E-state index contributed by atoms with van der Waals surface area (Å²) in [4.78, 5) is 3.23. The number of piperidine rings is 2. The zero-order valence-corrected chi connectivity index (χ0v) is 15.9. The van der Waals surface area contributed by atoms with Crippen molar-refractivity contribution in [2.75, 3.05) is 6.54 Å². The van der Waals surface area contributed by atoms with Crippen molar-refractivity contribution in [2.45, 2.75) is 105 Å². The van der Waals surface area contributed by atoms with Crippen LogP contribution >= 0.6 is 11.8 Å². The van der Waals surface area contributed by atoms with E-state index in [1.807, 2.05) is 0 Å². The van der Waals surface area contributed by atoms with Gasteiger partial charge in [-0.3, -0.25) is 4.90 Å². The average molecular weight is 347 g/mol. The Hall–Kier alpha value is 0.270. The third kappa shape index (κ3) is 2.10. The van der Waals surface area contributed by atoms with Gasteiger partial charge in [0.15, 0.2) is 0 Å². The molecule has 1 N–H and O–H groups in total. The molecule has 24 heavy (non-hydrogen) atoms. The van der Waals surface area contributed by atoms with Crippen LogP contribution < -0.4 is 5.32 Å². The fourth-order valence-corrected chi connectivity index (χ4v) is 10.0. The van der Waals surface area contributed by atoms with Gasteiger partial charge in [-0.05, 0) is 69.2 Å².